The third-order valence-corrected chi connectivity index (χ3v) is 8.10. The summed E-state index contributed by atoms with van der Waals surface area (Å²) in [6.45, 7) is 4.49. The number of anilines is 2. The lowest BCUT2D eigenvalue weighted by Gasteiger charge is -2.24. The quantitative estimate of drug-likeness (QED) is 0.142. The van der Waals surface area contributed by atoms with Crippen LogP contribution in [0.2, 0.25) is 0 Å². The van der Waals surface area contributed by atoms with Crippen LogP contribution in [0.1, 0.15) is 45.6 Å². The van der Waals surface area contributed by atoms with Gasteiger partial charge < -0.3 is 41.4 Å². The van der Waals surface area contributed by atoms with Crippen molar-refractivity contribution in [2.45, 2.75) is 25.3 Å². The second-order valence-corrected chi connectivity index (χ2v) is 11.8. The van der Waals surface area contributed by atoms with E-state index in [9.17, 15) is 18.4 Å². The molecule has 14 heteroatoms. The highest BCUT2D eigenvalue weighted by Crippen LogP contribution is 2.25. The minimum absolute atomic E-state index is 0.0980. The minimum Gasteiger partial charge on any atom is -0.371 e. The zero-order valence-corrected chi connectivity index (χ0v) is 28.2. The first-order chi connectivity index (χ1) is 25.3. The van der Waals surface area contributed by atoms with E-state index in [1.54, 1.807) is 60.7 Å². The number of rotatable bonds is 8. The molecule has 12 nitrogen and oxygen atoms in total. The summed E-state index contributed by atoms with van der Waals surface area (Å²) in [6.07, 6.45) is -0.373. The van der Waals surface area contributed by atoms with Gasteiger partial charge in [0.05, 0.1) is 60.1 Å². The van der Waals surface area contributed by atoms with Gasteiger partial charge in [-0.2, -0.15) is 10.5 Å². The zero-order chi connectivity index (χ0) is 36.7. The molecule has 4 amide bonds. The average molecular weight is 709 g/mol. The van der Waals surface area contributed by atoms with Crippen LogP contribution >= 0.6 is 0 Å². The highest BCUT2D eigenvalue weighted by atomic mass is 19.1. The molecular formula is C38H38F2N8O4. The topological polar surface area (TPSA) is 172 Å². The molecule has 2 heterocycles. The van der Waals surface area contributed by atoms with Gasteiger partial charge in [-0.15, -0.1) is 0 Å². The van der Waals surface area contributed by atoms with E-state index in [0.717, 1.165) is 35.3 Å². The summed E-state index contributed by atoms with van der Waals surface area (Å²) >= 11 is 0. The van der Waals surface area contributed by atoms with Crippen molar-refractivity contribution in [2.24, 2.45) is 0 Å². The van der Waals surface area contributed by atoms with E-state index in [2.05, 4.69) is 31.9 Å². The van der Waals surface area contributed by atoms with Crippen molar-refractivity contribution in [1.82, 2.24) is 21.3 Å². The summed E-state index contributed by atoms with van der Waals surface area (Å²) in [7, 11) is 0. The van der Waals surface area contributed by atoms with Crippen molar-refractivity contribution in [1.29, 1.82) is 10.5 Å². The fraction of sp³-hybridized carbons (Fsp3) is 0.263. The molecule has 4 aromatic carbocycles. The molecule has 268 valence electrons. The van der Waals surface area contributed by atoms with Gasteiger partial charge in [0, 0.05) is 39.3 Å². The molecule has 52 heavy (non-hydrogen) atoms. The third kappa shape index (κ3) is 11.1. The number of halogens is 2. The number of urea groups is 2. The minimum atomic E-state index is -0.519. The lowest BCUT2D eigenvalue weighted by Crippen LogP contribution is -2.33. The number of hydrogen-bond donors (Lipinski definition) is 6. The van der Waals surface area contributed by atoms with Gasteiger partial charge in [0.25, 0.3) is 0 Å². The van der Waals surface area contributed by atoms with Crippen molar-refractivity contribution in [3.05, 3.63) is 130 Å². The largest absolute Gasteiger partial charge is 0.371 e. The Morgan fingerprint density at radius 3 is 1.48 bits per heavy atom. The number of nitrogens with one attached hydrogen (secondary N) is 6. The molecule has 0 unspecified atom stereocenters. The number of ether oxygens (including phenoxy) is 2. The van der Waals surface area contributed by atoms with Gasteiger partial charge >= 0.3 is 12.1 Å². The molecule has 2 saturated heterocycles. The van der Waals surface area contributed by atoms with E-state index in [0.29, 0.717) is 37.4 Å². The maximum absolute atomic E-state index is 14.3. The monoisotopic (exact) mass is 708 g/mol. The molecule has 0 spiro atoms. The number of nitriles is 2. The number of carbonyl (C=O) groups excluding carboxylic acids is 2. The van der Waals surface area contributed by atoms with Crippen molar-refractivity contribution in [3.63, 3.8) is 0 Å². The molecule has 2 atom stereocenters. The molecule has 0 saturated carbocycles. The molecule has 0 aliphatic carbocycles. The Labute approximate surface area is 300 Å². The van der Waals surface area contributed by atoms with Gasteiger partial charge in [0.1, 0.15) is 11.6 Å². The van der Waals surface area contributed by atoms with Crippen LogP contribution in [0.3, 0.4) is 0 Å². The summed E-state index contributed by atoms with van der Waals surface area (Å²) < 4.78 is 39.7. The van der Waals surface area contributed by atoms with Crippen molar-refractivity contribution in [3.8, 4) is 12.1 Å². The number of nitrogens with zero attached hydrogens (tertiary/aromatic N) is 2. The number of morpholine rings is 2. The van der Waals surface area contributed by atoms with Crippen LogP contribution < -0.4 is 31.9 Å². The van der Waals surface area contributed by atoms with E-state index >= 15 is 0 Å². The maximum Gasteiger partial charge on any atom is 0.319 e. The second kappa shape index (κ2) is 18.9. The van der Waals surface area contributed by atoms with Crippen LogP contribution in [-0.2, 0) is 22.6 Å². The van der Waals surface area contributed by atoms with Crippen LogP contribution in [-0.4, -0.2) is 51.5 Å². The summed E-state index contributed by atoms with van der Waals surface area (Å²) in [5, 5.41) is 34.4. The molecule has 6 rings (SSSR count). The molecular weight excluding hydrogens is 670 g/mol. The van der Waals surface area contributed by atoms with Crippen LogP contribution in [0.15, 0.2) is 84.9 Å². The number of benzene rings is 4. The highest BCUT2D eigenvalue weighted by molar-refractivity contribution is 5.90. The molecule has 0 radical (unpaired) electrons. The summed E-state index contributed by atoms with van der Waals surface area (Å²) in [5.41, 5.74) is 4.27. The summed E-state index contributed by atoms with van der Waals surface area (Å²) in [6, 6.07) is 26.2. The Hall–Kier alpha value is -5.90. The third-order valence-electron chi connectivity index (χ3n) is 8.10. The van der Waals surface area contributed by atoms with Crippen molar-refractivity contribution >= 4 is 23.4 Å². The Morgan fingerprint density at radius 1 is 0.673 bits per heavy atom. The predicted molar refractivity (Wildman–Crippen MR) is 190 cm³/mol. The first-order valence-electron chi connectivity index (χ1n) is 16.6. The van der Waals surface area contributed by atoms with Gasteiger partial charge in [-0.05, 0) is 70.8 Å². The predicted octanol–water partition coefficient (Wildman–Crippen LogP) is 5.36. The lowest BCUT2D eigenvalue weighted by molar-refractivity contribution is 0.0275. The first kappa shape index (κ1) is 37.4. The molecule has 2 aliphatic heterocycles. The second-order valence-electron chi connectivity index (χ2n) is 11.8. The Bertz CT molecular complexity index is 1800. The highest BCUT2D eigenvalue weighted by Gasteiger charge is 2.19. The standard InChI is InChI=1S/2C19H19FN4O2/c2*20-16-9-15(18-12-22-6-7-26-18)4-5-17(16)24-19(25)23-11-14-3-1-2-13(8-14)10-21/h2*1-5,8-9,18,22H,6-7,11-12H2,(H2,23,24,25)/t2*18-/m10/s1. The SMILES string of the molecule is N#Cc1cccc(CNC(=O)Nc2ccc([C@@H]3CNCCO3)cc2F)c1.N#Cc1cccc(CNC(=O)Nc2ccc([C@H]3CNCCO3)cc2F)c1. The normalized spacial score (nSPS) is 16.5. The molecule has 4 aromatic rings. The fourth-order valence-corrected chi connectivity index (χ4v) is 5.42. The first-order valence-corrected chi connectivity index (χ1v) is 16.6. The van der Waals surface area contributed by atoms with Crippen LogP contribution in [0.4, 0.5) is 29.7 Å². The molecule has 0 aromatic heterocycles. The zero-order valence-electron chi connectivity index (χ0n) is 28.2. The van der Waals surface area contributed by atoms with E-state index in [4.69, 9.17) is 20.0 Å². The van der Waals surface area contributed by atoms with Crippen LogP contribution in [0.25, 0.3) is 0 Å². The Morgan fingerprint density at radius 2 is 1.12 bits per heavy atom. The van der Waals surface area contributed by atoms with E-state index in [1.807, 2.05) is 12.1 Å². The van der Waals surface area contributed by atoms with Crippen molar-refractivity contribution in [2.75, 3.05) is 50.0 Å². The summed E-state index contributed by atoms with van der Waals surface area (Å²) in [4.78, 5) is 24.0. The van der Waals surface area contributed by atoms with E-state index in [1.165, 1.54) is 24.3 Å². The Balaban J connectivity index is 0.000000201. The molecule has 2 aliphatic rings. The molecule has 0 bridgehead atoms. The molecule has 2 fully saturated rings. The van der Waals surface area contributed by atoms with Crippen molar-refractivity contribution < 1.29 is 27.8 Å². The van der Waals surface area contributed by atoms with Gasteiger partial charge in [0.2, 0.25) is 0 Å². The average Bonchev–Trinajstić information content (AvgIpc) is 3.19. The van der Waals surface area contributed by atoms with Gasteiger partial charge in [-0.1, -0.05) is 36.4 Å². The lowest BCUT2D eigenvalue weighted by atomic mass is 10.1. The van der Waals surface area contributed by atoms with E-state index < -0.39 is 23.7 Å². The Kier molecular flexibility index (Phi) is 13.6. The van der Waals surface area contributed by atoms with Gasteiger partial charge in [-0.3, -0.25) is 0 Å². The fourth-order valence-electron chi connectivity index (χ4n) is 5.42. The number of hydrogen-bond acceptors (Lipinski definition) is 8. The van der Waals surface area contributed by atoms with Gasteiger partial charge in [-0.25, -0.2) is 18.4 Å². The van der Waals surface area contributed by atoms with Crippen LogP contribution in [0.5, 0.6) is 0 Å². The smallest absolute Gasteiger partial charge is 0.319 e. The summed E-state index contributed by atoms with van der Waals surface area (Å²) in [5.74, 6) is -1.03. The van der Waals surface area contributed by atoms with Crippen LogP contribution in [0, 0.1) is 34.3 Å². The van der Waals surface area contributed by atoms with Gasteiger partial charge in [0.15, 0.2) is 0 Å². The van der Waals surface area contributed by atoms with E-state index in [-0.39, 0.29) is 36.7 Å². The molecule has 6 N–H and O–H groups in total. The number of amides is 4. The number of carbonyl (C=O) groups is 2. The maximum atomic E-state index is 14.3.